The largest absolute Gasteiger partial charge is 0.573 e. The number of amides is 1. The number of nitrogens with one attached hydrogen (secondary N) is 1. The van der Waals surface area contributed by atoms with Crippen molar-refractivity contribution in [2.45, 2.75) is 6.36 Å². The molecule has 8 heteroatoms. The zero-order chi connectivity index (χ0) is 16.8. The minimum Gasteiger partial charge on any atom is -0.406 e. The fraction of sp³-hybridized carbons (Fsp3) is 0.133. The van der Waals surface area contributed by atoms with E-state index < -0.39 is 18.0 Å². The number of alkyl halides is 3. The normalized spacial score (nSPS) is 13.8. The molecule has 4 nitrogen and oxygen atoms in total. The van der Waals surface area contributed by atoms with Crippen molar-refractivity contribution >= 4 is 38.9 Å². The predicted octanol–water partition coefficient (Wildman–Crippen LogP) is 4.68. The van der Waals surface area contributed by atoms with Gasteiger partial charge in [0, 0.05) is 17.6 Å². The number of hydrogen-bond donors (Lipinski definition) is 1. The molecular weight excluding hydrogens is 377 g/mol. The third-order valence-corrected chi connectivity index (χ3v) is 3.87. The highest BCUT2D eigenvalue weighted by Gasteiger charge is 2.32. The van der Waals surface area contributed by atoms with Gasteiger partial charge in [-0.15, -0.1) is 13.2 Å². The van der Waals surface area contributed by atoms with Crippen molar-refractivity contribution in [3.8, 4) is 5.75 Å². The van der Waals surface area contributed by atoms with Crippen molar-refractivity contribution in [1.29, 1.82) is 0 Å². The van der Waals surface area contributed by atoms with Crippen molar-refractivity contribution in [3.05, 3.63) is 46.4 Å². The number of halogens is 4. The molecule has 0 saturated carbocycles. The van der Waals surface area contributed by atoms with E-state index in [9.17, 15) is 18.0 Å². The molecule has 0 saturated heterocycles. The first-order chi connectivity index (χ1) is 10.7. The van der Waals surface area contributed by atoms with Crippen LogP contribution in [0.2, 0.25) is 0 Å². The molecule has 23 heavy (non-hydrogen) atoms. The molecule has 1 amide bonds. The van der Waals surface area contributed by atoms with Gasteiger partial charge in [-0.3, -0.25) is 4.79 Å². The first kappa shape index (κ1) is 15.7. The molecule has 0 bridgehead atoms. The van der Waals surface area contributed by atoms with E-state index in [1.165, 1.54) is 12.1 Å². The van der Waals surface area contributed by atoms with Crippen molar-refractivity contribution in [3.63, 3.8) is 0 Å². The molecule has 0 radical (unpaired) electrons. The maximum Gasteiger partial charge on any atom is 0.573 e. The molecule has 1 aliphatic heterocycles. The molecule has 0 fully saturated rings. The minimum atomic E-state index is -4.79. The van der Waals surface area contributed by atoms with E-state index in [0.29, 0.717) is 16.9 Å². The highest BCUT2D eigenvalue weighted by Crippen LogP contribution is 2.40. The Morgan fingerprint density at radius 2 is 1.83 bits per heavy atom. The van der Waals surface area contributed by atoms with Crippen molar-refractivity contribution in [1.82, 2.24) is 0 Å². The van der Waals surface area contributed by atoms with Crippen molar-refractivity contribution in [2.24, 2.45) is 0 Å². The second-order valence-corrected chi connectivity index (χ2v) is 5.82. The van der Waals surface area contributed by atoms with Crippen LogP contribution in [0.15, 0.2) is 40.9 Å². The fourth-order valence-corrected chi connectivity index (χ4v) is 2.77. The summed E-state index contributed by atoms with van der Waals surface area (Å²) in [5.74, 6) is -0.798. The molecule has 3 rings (SSSR count). The fourth-order valence-electron chi connectivity index (χ4n) is 2.41. The number of benzene rings is 2. The number of carbonyl (C=O) groups excluding carboxylic acids is 1. The van der Waals surface area contributed by atoms with Crippen molar-refractivity contribution < 1.29 is 22.7 Å². The highest BCUT2D eigenvalue weighted by atomic mass is 79.9. The summed E-state index contributed by atoms with van der Waals surface area (Å²) in [6.45, 7) is 0. The molecule has 1 aliphatic rings. The topological polar surface area (TPSA) is 41.6 Å². The van der Waals surface area contributed by atoms with Crippen LogP contribution >= 0.6 is 15.9 Å². The Bertz CT molecular complexity index is 793. The van der Waals surface area contributed by atoms with Crippen LogP contribution in [0.4, 0.5) is 30.2 Å². The lowest BCUT2D eigenvalue weighted by atomic mass is 10.1. The van der Waals surface area contributed by atoms with Gasteiger partial charge in [-0.1, -0.05) is 15.9 Å². The zero-order valence-corrected chi connectivity index (χ0v) is 13.3. The lowest BCUT2D eigenvalue weighted by Gasteiger charge is -2.21. The summed E-state index contributed by atoms with van der Waals surface area (Å²) in [4.78, 5) is 14.1. The van der Waals surface area contributed by atoms with Crippen LogP contribution in [0.25, 0.3) is 0 Å². The predicted molar refractivity (Wildman–Crippen MR) is 83.3 cm³/mol. The summed E-state index contributed by atoms with van der Waals surface area (Å²) in [7, 11) is 1.73. The number of hydrogen-bond acceptors (Lipinski definition) is 3. The molecular formula is C15H10BrF3N2O2. The van der Waals surface area contributed by atoms with Gasteiger partial charge in [-0.25, -0.2) is 0 Å². The van der Waals surface area contributed by atoms with Crippen LogP contribution in [0.3, 0.4) is 0 Å². The van der Waals surface area contributed by atoms with Gasteiger partial charge in [0.1, 0.15) is 5.75 Å². The lowest BCUT2D eigenvalue weighted by Crippen LogP contribution is -2.17. The molecule has 0 unspecified atom stereocenters. The Kier molecular flexibility index (Phi) is 3.71. The Balaban J connectivity index is 2.07. The monoisotopic (exact) mass is 386 g/mol. The summed E-state index contributed by atoms with van der Waals surface area (Å²) in [5, 5.41) is 2.61. The van der Waals surface area contributed by atoms with Gasteiger partial charge < -0.3 is 15.0 Å². The molecule has 2 aromatic rings. The average Bonchev–Trinajstić information content (AvgIpc) is 2.53. The maximum atomic E-state index is 12.3. The summed E-state index contributed by atoms with van der Waals surface area (Å²) in [5.41, 5.74) is 1.87. The quantitative estimate of drug-likeness (QED) is 0.773. The van der Waals surface area contributed by atoms with E-state index in [2.05, 4.69) is 26.0 Å². The van der Waals surface area contributed by atoms with Gasteiger partial charge in [0.2, 0.25) is 0 Å². The maximum absolute atomic E-state index is 12.3. The molecule has 1 heterocycles. The number of anilines is 3. The second-order valence-electron chi connectivity index (χ2n) is 4.90. The number of ether oxygens (including phenoxy) is 1. The highest BCUT2D eigenvalue weighted by molar-refractivity contribution is 9.10. The lowest BCUT2D eigenvalue weighted by molar-refractivity contribution is -0.274. The summed E-state index contributed by atoms with van der Waals surface area (Å²) >= 11 is 3.30. The Morgan fingerprint density at radius 3 is 2.52 bits per heavy atom. The van der Waals surface area contributed by atoms with Crippen LogP contribution in [0.5, 0.6) is 5.75 Å². The molecule has 0 aromatic heterocycles. The van der Waals surface area contributed by atoms with Crippen molar-refractivity contribution in [2.75, 3.05) is 17.3 Å². The number of carbonyl (C=O) groups is 1. The zero-order valence-electron chi connectivity index (χ0n) is 11.7. The van der Waals surface area contributed by atoms with E-state index in [1.807, 2.05) is 0 Å². The van der Waals surface area contributed by atoms with Gasteiger partial charge >= 0.3 is 6.36 Å². The molecule has 0 spiro atoms. The number of nitrogens with zero attached hydrogens (tertiary/aromatic N) is 1. The first-order valence-electron chi connectivity index (χ1n) is 6.49. The molecule has 120 valence electrons. The first-order valence-corrected chi connectivity index (χ1v) is 7.28. The van der Waals surface area contributed by atoms with E-state index >= 15 is 0 Å². The summed E-state index contributed by atoms with van der Waals surface area (Å²) in [6, 6.07) is 9.02. The van der Waals surface area contributed by atoms with E-state index in [1.54, 1.807) is 30.1 Å². The standard InChI is InChI=1S/C15H10BrF3N2O2/c1-21-12-4-2-8(16)6-10(12)14(22)20-11-7-9(3-5-13(11)21)23-15(17,18)19/h2-7H,1H3,(H,20,22). The Morgan fingerprint density at radius 1 is 1.13 bits per heavy atom. The molecule has 1 N–H and O–H groups in total. The van der Waals surface area contributed by atoms with Crippen LogP contribution < -0.4 is 15.0 Å². The molecule has 2 aromatic carbocycles. The van der Waals surface area contributed by atoms with E-state index in [4.69, 9.17) is 0 Å². The third kappa shape index (κ3) is 3.12. The van der Waals surface area contributed by atoms with Gasteiger partial charge in [0.25, 0.3) is 5.91 Å². The molecule has 0 atom stereocenters. The minimum absolute atomic E-state index is 0.242. The SMILES string of the molecule is CN1c2ccc(OC(F)(F)F)cc2NC(=O)c2cc(Br)ccc21. The molecule has 0 aliphatic carbocycles. The van der Waals surface area contributed by atoms with Crippen LogP contribution in [0, 0.1) is 0 Å². The third-order valence-electron chi connectivity index (χ3n) is 3.38. The summed E-state index contributed by atoms with van der Waals surface area (Å²) < 4.78 is 41.7. The van der Waals surface area contributed by atoms with E-state index in [-0.39, 0.29) is 5.69 Å². The van der Waals surface area contributed by atoms with Gasteiger partial charge in [-0.2, -0.15) is 0 Å². The average molecular weight is 387 g/mol. The number of fused-ring (bicyclic) bond motifs is 2. The van der Waals surface area contributed by atoms with E-state index in [0.717, 1.165) is 10.5 Å². The van der Waals surface area contributed by atoms with Gasteiger partial charge in [0.05, 0.1) is 22.6 Å². The number of rotatable bonds is 1. The smallest absolute Gasteiger partial charge is 0.406 e. The van der Waals surface area contributed by atoms with Crippen LogP contribution in [-0.2, 0) is 0 Å². The van der Waals surface area contributed by atoms with Gasteiger partial charge in [-0.05, 0) is 30.3 Å². The van der Waals surface area contributed by atoms with Gasteiger partial charge in [0.15, 0.2) is 0 Å². The Hall–Kier alpha value is -2.22. The summed E-state index contributed by atoms with van der Waals surface area (Å²) in [6.07, 6.45) is -4.79. The van der Waals surface area contributed by atoms with Crippen LogP contribution in [0.1, 0.15) is 10.4 Å². The van der Waals surface area contributed by atoms with Crippen LogP contribution in [-0.4, -0.2) is 19.3 Å². The Labute approximate surface area is 138 Å². The second kappa shape index (κ2) is 5.45.